The van der Waals surface area contributed by atoms with Gasteiger partial charge in [0.15, 0.2) is 11.5 Å². The molecule has 4 rings (SSSR count). The van der Waals surface area contributed by atoms with E-state index in [9.17, 15) is 18.0 Å². The minimum atomic E-state index is -4.48. The zero-order valence-electron chi connectivity index (χ0n) is 21.5. The van der Waals surface area contributed by atoms with E-state index in [4.69, 9.17) is 9.15 Å². The van der Waals surface area contributed by atoms with Crippen molar-refractivity contribution in [2.24, 2.45) is 0 Å². The van der Waals surface area contributed by atoms with E-state index >= 15 is 0 Å². The van der Waals surface area contributed by atoms with Gasteiger partial charge in [0.25, 0.3) is 5.91 Å². The van der Waals surface area contributed by atoms with Gasteiger partial charge in [0.1, 0.15) is 18.1 Å². The molecular formula is C29H30F3N3O3. The smallest absolute Gasteiger partial charge is 0.435 e. The van der Waals surface area contributed by atoms with Gasteiger partial charge in [-0.2, -0.15) is 18.3 Å². The third-order valence-corrected chi connectivity index (χ3v) is 6.44. The maximum atomic E-state index is 12.8. The zero-order chi connectivity index (χ0) is 27.3. The Bertz CT molecular complexity index is 1360. The molecule has 2 aromatic carbocycles. The van der Waals surface area contributed by atoms with Crippen LogP contribution >= 0.6 is 0 Å². The van der Waals surface area contributed by atoms with Crippen LogP contribution in [0.15, 0.2) is 77.2 Å². The number of hydrogen-bond acceptors (Lipinski definition) is 4. The van der Waals surface area contributed by atoms with E-state index in [1.54, 1.807) is 19.1 Å². The highest BCUT2D eigenvalue weighted by molar-refractivity contribution is 5.91. The SMILES string of the molecule is Cc1cc(C(F)(F)F)nn1CCCNC(=O)c1ccc(COc2ccc(C(C)(C)c3ccccc3)cc2)o1. The van der Waals surface area contributed by atoms with Crippen LogP contribution < -0.4 is 10.1 Å². The number of hydrogen-bond donors (Lipinski definition) is 1. The summed E-state index contributed by atoms with van der Waals surface area (Å²) in [5, 5.41) is 6.29. The lowest BCUT2D eigenvalue weighted by atomic mass is 9.78. The monoisotopic (exact) mass is 525 g/mol. The van der Waals surface area contributed by atoms with Crippen molar-refractivity contribution in [3.63, 3.8) is 0 Å². The molecule has 0 fully saturated rings. The predicted octanol–water partition coefficient (Wildman–Crippen LogP) is 6.53. The molecule has 0 unspecified atom stereocenters. The lowest BCUT2D eigenvalue weighted by Gasteiger charge is -2.26. The maximum Gasteiger partial charge on any atom is 0.435 e. The molecule has 0 bridgehead atoms. The predicted molar refractivity (Wildman–Crippen MR) is 137 cm³/mol. The molecule has 0 aliphatic carbocycles. The summed E-state index contributed by atoms with van der Waals surface area (Å²) in [5.74, 6) is 0.911. The Morgan fingerprint density at radius 1 is 1.00 bits per heavy atom. The van der Waals surface area contributed by atoms with E-state index in [1.165, 1.54) is 10.2 Å². The fourth-order valence-electron chi connectivity index (χ4n) is 4.11. The molecule has 0 saturated carbocycles. The quantitative estimate of drug-likeness (QED) is 0.239. The second-order valence-electron chi connectivity index (χ2n) is 9.57. The number of benzene rings is 2. The molecule has 2 heterocycles. The molecular weight excluding hydrogens is 495 g/mol. The molecule has 1 N–H and O–H groups in total. The third-order valence-electron chi connectivity index (χ3n) is 6.44. The summed E-state index contributed by atoms with van der Waals surface area (Å²) >= 11 is 0. The Hall–Kier alpha value is -4.01. The van der Waals surface area contributed by atoms with E-state index < -0.39 is 17.8 Å². The van der Waals surface area contributed by atoms with Crippen LogP contribution in [0.1, 0.15) is 59.1 Å². The summed E-state index contributed by atoms with van der Waals surface area (Å²) in [6.07, 6.45) is -4.06. The van der Waals surface area contributed by atoms with Crippen LogP contribution in [0.3, 0.4) is 0 Å². The van der Waals surface area contributed by atoms with Gasteiger partial charge in [0.2, 0.25) is 0 Å². The highest BCUT2D eigenvalue weighted by Gasteiger charge is 2.34. The van der Waals surface area contributed by atoms with E-state index in [0.717, 1.165) is 11.6 Å². The first-order chi connectivity index (χ1) is 18.0. The first kappa shape index (κ1) is 27.0. The normalized spacial score (nSPS) is 11.9. The van der Waals surface area contributed by atoms with Gasteiger partial charge in [-0.05, 0) is 54.8 Å². The lowest BCUT2D eigenvalue weighted by molar-refractivity contribution is -0.141. The molecule has 0 aliphatic heterocycles. The van der Waals surface area contributed by atoms with E-state index in [-0.39, 0.29) is 30.9 Å². The molecule has 9 heteroatoms. The molecule has 0 spiro atoms. The summed E-state index contributed by atoms with van der Waals surface area (Å²) in [7, 11) is 0. The molecule has 0 saturated heterocycles. The number of alkyl halides is 3. The number of carbonyl (C=O) groups excluding carboxylic acids is 1. The van der Waals surface area contributed by atoms with Crippen molar-refractivity contribution < 1.29 is 27.1 Å². The molecule has 200 valence electrons. The average molecular weight is 526 g/mol. The van der Waals surface area contributed by atoms with Crippen molar-refractivity contribution in [3.8, 4) is 5.75 Å². The molecule has 0 aliphatic rings. The molecule has 4 aromatic rings. The minimum absolute atomic E-state index is 0.137. The van der Waals surface area contributed by atoms with Crippen molar-refractivity contribution in [1.29, 1.82) is 0 Å². The first-order valence-electron chi connectivity index (χ1n) is 12.3. The number of nitrogens with zero attached hydrogens (tertiary/aromatic N) is 2. The van der Waals surface area contributed by atoms with Crippen molar-refractivity contribution in [1.82, 2.24) is 15.1 Å². The zero-order valence-corrected chi connectivity index (χ0v) is 21.5. The second kappa shape index (κ2) is 11.2. The largest absolute Gasteiger partial charge is 0.486 e. The fraction of sp³-hybridized carbons (Fsp3) is 0.310. The van der Waals surface area contributed by atoms with Gasteiger partial charge in [0.05, 0.1) is 0 Å². The highest BCUT2D eigenvalue weighted by atomic mass is 19.4. The number of aryl methyl sites for hydroxylation is 2. The summed E-state index contributed by atoms with van der Waals surface area (Å²) in [5.41, 5.74) is 1.73. The number of ether oxygens (including phenoxy) is 1. The van der Waals surface area contributed by atoms with E-state index in [0.29, 0.717) is 23.6 Å². The van der Waals surface area contributed by atoms with Gasteiger partial charge in [-0.15, -0.1) is 0 Å². The van der Waals surface area contributed by atoms with Gasteiger partial charge in [-0.1, -0.05) is 56.3 Å². The summed E-state index contributed by atoms with van der Waals surface area (Å²) in [4.78, 5) is 12.4. The topological polar surface area (TPSA) is 69.3 Å². The van der Waals surface area contributed by atoms with E-state index in [1.807, 2.05) is 42.5 Å². The Kier molecular flexibility index (Phi) is 7.94. The van der Waals surface area contributed by atoms with Gasteiger partial charge >= 0.3 is 6.18 Å². The standard InChI is InChI=1S/C29H30F3N3O3/c1-20-18-26(29(30,31)32)34-35(20)17-7-16-33-27(36)25-15-14-24(38-25)19-37-23-12-10-22(11-13-23)28(2,3)21-8-5-4-6-9-21/h4-6,8-15,18H,7,16-17,19H2,1-3H3,(H,33,36). The van der Waals surface area contributed by atoms with Crippen molar-refractivity contribution in [3.05, 3.63) is 107 Å². The number of aromatic nitrogens is 2. The number of furan rings is 1. The van der Waals surface area contributed by atoms with Crippen LogP contribution in [-0.2, 0) is 24.7 Å². The average Bonchev–Trinajstić information content (AvgIpc) is 3.53. The molecule has 6 nitrogen and oxygen atoms in total. The third kappa shape index (κ3) is 6.45. The molecule has 0 atom stereocenters. The van der Waals surface area contributed by atoms with Crippen LogP contribution in [0.4, 0.5) is 13.2 Å². The minimum Gasteiger partial charge on any atom is -0.486 e. The van der Waals surface area contributed by atoms with Crippen LogP contribution in [0.2, 0.25) is 0 Å². The van der Waals surface area contributed by atoms with Crippen LogP contribution in [0.25, 0.3) is 0 Å². The number of carbonyl (C=O) groups is 1. The number of nitrogens with one attached hydrogen (secondary N) is 1. The van der Waals surface area contributed by atoms with Crippen molar-refractivity contribution >= 4 is 5.91 Å². The van der Waals surface area contributed by atoms with E-state index in [2.05, 4.69) is 36.4 Å². The molecule has 0 radical (unpaired) electrons. The van der Waals surface area contributed by atoms with Crippen molar-refractivity contribution in [2.75, 3.05) is 6.54 Å². The van der Waals surface area contributed by atoms with Crippen molar-refractivity contribution in [2.45, 2.75) is 51.9 Å². The maximum absolute atomic E-state index is 12.8. The Balaban J connectivity index is 1.24. The first-order valence-corrected chi connectivity index (χ1v) is 12.3. The Morgan fingerprint density at radius 3 is 2.34 bits per heavy atom. The van der Waals surface area contributed by atoms with Gasteiger partial charge in [-0.25, -0.2) is 0 Å². The van der Waals surface area contributed by atoms with Crippen LogP contribution in [-0.4, -0.2) is 22.2 Å². The molecule has 1 amide bonds. The fourth-order valence-corrected chi connectivity index (χ4v) is 4.11. The van der Waals surface area contributed by atoms with Gasteiger partial charge < -0.3 is 14.5 Å². The summed E-state index contributed by atoms with van der Waals surface area (Å²) in [6.45, 7) is 6.59. The van der Waals surface area contributed by atoms with Crippen LogP contribution in [0, 0.1) is 6.92 Å². The summed E-state index contributed by atoms with van der Waals surface area (Å²) in [6, 6.07) is 22.4. The van der Waals surface area contributed by atoms with Gasteiger partial charge in [-0.3, -0.25) is 9.48 Å². The number of halogens is 3. The Labute approximate surface area is 219 Å². The summed E-state index contributed by atoms with van der Waals surface area (Å²) < 4.78 is 51.1. The number of rotatable bonds is 10. The lowest BCUT2D eigenvalue weighted by Crippen LogP contribution is -2.25. The second-order valence-corrected chi connectivity index (χ2v) is 9.57. The molecule has 2 aromatic heterocycles. The van der Waals surface area contributed by atoms with Crippen LogP contribution in [0.5, 0.6) is 5.75 Å². The Morgan fingerprint density at radius 2 is 1.68 bits per heavy atom. The number of amides is 1. The molecule has 38 heavy (non-hydrogen) atoms. The van der Waals surface area contributed by atoms with Gasteiger partial charge in [0, 0.05) is 24.2 Å². The highest BCUT2D eigenvalue weighted by Crippen LogP contribution is 2.32.